The second-order valence-electron chi connectivity index (χ2n) is 20.0. The van der Waals surface area contributed by atoms with Gasteiger partial charge in [0.05, 0.1) is 48.2 Å². The largest absolute Gasteiger partial charge is 0.340 e. The lowest BCUT2D eigenvalue weighted by Gasteiger charge is -2.34. The molecule has 0 aliphatic carbocycles. The summed E-state index contributed by atoms with van der Waals surface area (Å²) in [5, 5.41) is 18.9. The fraction of sp³-hybridized carbons (Fsp3) is 0.414. The summed E-state index contributed by atoms with van der Waals surface area (Å²) < 4.78 is 3.59. The van der Waals surface area contributed by atoms with Gasteiger partial charge in [0, 0.05) is 102 Å². The molecule has 6 aromatic rings. The van der Waals surface area contributed by atoms with E-state index in [-0.39, 0.29) is 23.6 Å². The van der Waals surface area contributed by atoms with Gasteiger partial charge in [0.1, 0.15) is 11.6 Å². The van der Waals surface area contributed by atoms with Crippen molar-refractivity contribution in [3.8, 4) is 0 Å². The number of benzene rings is 4. The molecule has 0 unspecified atom stereocenters. The molecule has 0 bridgehead atoms. The monoisotopic (exact) mass is 1000 g/mol. The Morgan fingerprint density at radius 2 is 1.04 bits per heavy atom. The number of rotatable bonds is 13. The summed E-state index contributed by atoms with van der Waals surface area (Å²) >= 11 is 0. The molecule has 6 heterocycles. The average Bonchev–Trinajstić information content (AvgIpc) is 3.82. The number of amides is 4. The van der Waals surface area contributed by atoms with Gasteiger partial charge in [-0.15, -0.1) is 0 Å². The zero-order chi connectivity index (χ0) is 51.7. The molecule has 10 rings (SSSR count). The predicted octanol–water partition coefficient (Wildman–Crippen LogP) is 8.29. The molecule has 388 valence electrons. The van der Waals surface area contributed by atoms with Gasteiger partial charge in [-0.1, -0.05) is 62.6 Å². The Hall–Kier alpha value is -7.30. The lowest BCUT2D eigenvalue weighted by Crippen LogP contribution is -2.48. The van der Waals surface area contributed by atoms with Crippen LogP contribution in [0.1, 0.15) is 99.5 Å². The molecule has 74 heavy (non-hydrogen) atoms. The molecule has 4 aliphatic rings. The van der Waals surface area contributed by atoms with Crippen molar-refractivity contribution >= 4 is 58.0 Å². The van der Waals surface area contributed by atoms with Gasteiger partial charge in [-0.05, 0) is 110 Å². The second kappa shape index (κ2) is 23.7. The lowest BCUT2D eigenvalue weighted by molar-refractivity contribution is -0.133. The summed E-state index contributed by atoms with van der Waals surface area (Å²) in [7, 11) is 3.79. The van der Waals surface area contributed by atoms with Gasteiger partial charge in [-0.2, -0.15) is 10.2 Å². The van der Waals surface area contributed by atoms with Crippen LogP contribution in [-0.4, -0.2) is 117 Å². The van der Waals surface area contributed by atoms with E-state index in [0.717, 1.165) is 127 Å². The number of aromatic nitrogens is 4. The van der Waals surface area contributed by atoms with E-state index in [2.05, 4.69) is 38.0 Å². The Labute approximate surface area is 435 Å². The number of piperazine rings is 2. The zero-order valence-electron chi connectivity index (χ0n) is 43.8. The van der Waals surface area contributed by atoms with Crippen LogP contribution < -0.4 is 25.8 Å². The van der Waals surface area contributed by atoms with Gasteiger partial charge in [0.15, 0.2) is 0 Å². The van der Waals surface area contributed by atoms with Crippen LogP contribution in [0.2, 0.25) is 0 Å². The highest BCUT2D eigenvalue weighted by Crippen LogP contribution is 2.38. The number of hydrogen-bond donors (Lipinski definition) is 3. The second-order valence-corrected chi connectivity index (χ2v) is 20.0. The normalized spacial score (nSPS) is 15.3. The number of carbonyl (C=O) groups excluding carboxylic acids is 4. The molecule has 4 amide bonds. The number of para-hydroxylation sites is 4. The van der Waals surface area contributed by atoms with Crippen molar-refractivity contribution in [2.75, 3.05) is 79.3 Å². The van der Waals surface area contributed by atoms with Gasteiger partial charge in [0.2, 0.25) is 11.8 Å². The molecule has 3 N–H and O–H groups in total. The van der Waals surface area contributed by atoms with Crippen molar-refractivity contribution in [3.05, 3.63) is 142 Å². The van der Waals surface area contributed by atoms with E-state index in [1.54, 1.807) is 20.5 Å². The highest BCUT2D eigenvalue weighted by atomic mass is 16.2. The van der Waals surface area contributed by atoms with Crippen LogP contribution in [0.5, 0.6) is 0 Å². The summed E-state index contributed by atoms with van der Waals surface area (Å²) in [4.78, 5) is 63.0. The first-order chi connectivity index (χ1) is 35.9. The molecule has 16 nitrogen and oxygen atoms in total. The topological polar surface area (TPSA) is 156 Å². The summed E-state index contributed by atoms with van der Waals surface area (Å²) in [6, 6.07) is 27.4. The fourth-order valence-electron chi connectivity index (χ4n) is 10.5. The van der Waals surface area contributed by atoms with E-state index in [1.807, 2.05) is 134 Å². The van der Waals surface area contributed by atoms with E-state index >= 15 is 0 Å². The van der Waals surface area contributed by atoms with Crippen molar-refractivity contribution in [1.82, 2.24) is 39.6 Å². The molecule has 4 aromatic carbocycles. The van der Waals surface area contributed by atoms with Crippen LogP contribution in [0, 0.1) is 13.8 Å². The SMILES string of the molecule is CCCCCCN1CCN(C(=O)CCc2ccc(C(=O)N3Cc4cnn(C)c4Nc4ccccc43)cc2C)CC1.Cc1cc(C(=O)N2Cc3cnn(C)c3Nc3ccccc32)ccc1CCC(=O)N1CCNCC1. The minimum atomic E-state index is -0.0579. The molecule has 0 atom stereocenters. The lowest BCUT2D eigenvalue weighted by atomic mass is 10.00. The Balaban J connectivity index is 0.000000184. The van der Waals surface area contributed by atoms with Crippen LogP contribution in [0.3, 0.4) is 0 Å². The molecule has 2 aromatic heterocycles. The van der Waals surface area contributed by atoms with Crippen LogP contribution >= 0.6 is 0 Å². The number of unbranched alkanes of at least 4 members (excludes halogenated alkanes) is 3. The number of aryl methyl sites for hydroxylation is 6. The third-order valence-electron chi connectivity index (χ3n) is 15.0. The van der Waals surface area contributed by atoms with Crippen LogP contribution in [0.25, 0.3) is 0 Å². The average molecular weight is 1000 g/mol. The van der Waals surface area contributed by atoms with E-state index in [1.165, 1.54) is 25.7 Å². The summed E-state index contributed by atoms with van der Waals surface area (Å²) in [6.07, 6.45) is 11.1. The van der Waals surface area contributed by atoms with E-state index < -0.39 is 0 Å². The fourth-order valence-corrected chi connectivity index (χ4v) is 10.5. The summed E-state index contributed by atoms with van der Waals surface area (Å²) in [5.41, 5.74) is 10.9. The molecule has 0 radical (unpaired) electrons. The Bertz CT molecular complexity index is 2960. The third-order valence-corrected chi connectivity index (χ3v) is 15.0. The summed E-state index contributed by atoms with van der Waals surface area (Å²) in [5.74, 6) is 2.10. The number of anilines is 6. The first-order valence-electron chi connectivity index (χ1n) is 26.5. The zero-order valence-corrected chi connectivity index (χ0v) is 43.8. The number of hydrogen-bond acceptors (Lipinski definition) is 10. The molecule has 0 spiro atoms. The Kier molecular flexibility index (Phi) is 16.5. The first-order valence-corrected chi connectivity index (χ1v) is 26.5. The van der Waals surface area contributed by atoms with Crippen molar-refractivity contribution < 1.29 is 19.2 Å². The maximum atomic E-state index is 13.8. The van der Waals surface area contributed by atoms with Crippen molar-refractivity contribution in [2.24, 2.45) is 14.1 Å². The van der Waals surface area contributed by atoms with Crippen molar-refractivity contribution in [3.63, 3.8) is 0 Å². The smallest absolute Gasteiger partial charge is 0.258 e. The van der Waals surface area contributed by atoms with Gasteiger partial charge < -0.3 is 35.6 Å². The highest BCUT2D eigenvalue weighted by molar-refractivity contribution is 6.09. The molecule has 2 saturated heterocycles. The Morgan fingerprint density at radius 3 is 1.51 bits per heavy atom. The number of fused-ring (bicyclic) bond motifs is 4. The van der Waals surface area contributed by atoms with Crippen molar-refractivity contribution in [2.45, 2.75) is 85.2 Å². The van der Waals surface area contributed by atoms with Crippen LogP contribution in [-0.2, 0) is 49.6 Å². The maximum Gasteiger partial charge on any atom is 0.258 e. The molecular weight excluding hydrogens is 929 g/mol. The molecule has 0 saturated carbocycles. The van der Waals surface area contributed by atoms with E-state index in [9.17, 15) is 19.2 Å². The minimum absolute atomic E-state index is 0.0516. The van der Waals surface area contributed by atoms with Crippen LogP contribution in [0.4, 0.5) is 34.4 Å². The highest BCUT2D eigenvalue weighted by Gasteiger charge is 2.29. The van der Waals surface area contributed by atoms with Crippen LogP contribution in [0.15, 0.2) is 97.3 Å². The molecule has 2 fully saturated rings. The predicted molar refractivity (Wildman–Crippen MR) is 293 cm³/mol. The number of nitrogens with zero attached hydrogens (tertiary/aromatic N) is 9. The standard InChI is InChI=1S/C32H42N6O2.C26H30N6O2/c1-4-5-6-9-16-36-17-19-37(20-18-36)30(39)15-14-25-12-13-26(21-24(25)2)32(40)38-23-27-22-33-35(3)31(27)34-28-10-7-8-11-29(28)38;1-18-15-20(8-7-19(18)9-10-24(33)31-13-11-27-12-14-31)26(34)32-17-21-16-28-30(2)25(21)29-22-5-3-4-6-23(22)32/h7-8,10-13,21-22,34H,4-6,9,14-20,23H2,1-3H3;3-8,15-16,27,29H,9-14,17H2,1-2H3. The molecule has 4 aliphatic heterocycles. The molecule has 16 heteroatoms. The third kappa shape index (κ3) is 11.9. The van der Waals surface area contributed by atoms with Gasteiger partial charge in [-0.3, -0.25) is 33.4 Å². The van der Waals surface area contributed by atoms with E-state index in [0.29, 0.717) is 49.9 Å². The Morgan fingerprint density at radius 1 is 0.568 bits per heavy atom. The minimum Gasteiger partial charge on any atom is -0.340 e. The summed E-state index contributed by atoms with van der Waals surface area (Å²) in [6.45, 7) is 15.2. The molecular formula is C58H72N12O4. The van der Waals surface area contributed by atoms with E-state index in [4.69, 9.17) is 0 Å². The van der Waals surface area contributed by atoms with Gasteiger partial charge in [0.25, 0.3) is 11.8 Å². The number of nitrogens with one attached hydrogen (secondary N) is 3. The van der Waals surface area contributed by atoms with Gasteiger partial charge in [-0.25, -0.2) is 0 Å². The van der Waals surface area contributed by atoms with Crippen molar-refractivity contribution in [1.29, 1.82) is 0 Å². The number of carbonyl (C=O) groups is 4. The first kappa shape index (κ1) is 51.6. The maximum absolute atomic E-state index is 13.8. The quantitative estimate of drug-likeness (QED) is 0.0963. The van der Waals surface area contributed by atoms with Gasteiger partial charge >= 0.3 is 0 Å².